The molecule has 1 rings (SSSR count). The molecule has 2 atom stereocenters. The topological polar surface area (TPSA) is 127 Å². The molecule has 0 amide bonds. The van der Waals surface area contributed by atoms with Crippen molar-refractivity contribution in [3.63, 3.8) is 0 Å². The Morgan fingerprint density at radius 1 is 1.09 bits per heavy atom. The number of aryl methyl sites for hydroxylation is 3. The highest BCUT2D eigenvalue weighted by Crippen LogP contribution is 2.57. The van der Waals surface area contributed by atoms with Crippen molar-refractivity contribution in [2.75, 3.05) is 19.0 Å². The van der Waals surface area contributed by atoms with E-state index >= 15 is 0 Å². The molecule has 0 aromatic heterocycles. The Kier molecular flexibility index (Phi) is 6.38. The summed E-state index contributed by atoms with van der Waals surface area (Å²) in [5, 5.41) is 0. The molecule has 0 radical (unpaired) electrons. The Labute approximate surface area is 135 Å². The molecular formula is C12H20O8P2S. The van der Waals surface area contributed by atoms with Crippen LogP contribution in [0.3, 0.4) is 0 Å². The molecule has 0 aliphatic heterocycles. The second-order valence-electron chi connectivity index (χ2n) is 5.23. The molecule has 0 spiro atoms. The number of phosphoric ester groups is 1. The minimum atomic E-state index is -4.80. The minimum absolute atomic E-state index is 0.142. The summed E-state index contributed by atoms with van der Waals surface area (Å²) in [6, 6.07) is 3.44. The molecule has 1 aromatic carbocycles. The fourth-order valence-corrected chi connectivity index (χ4v) is 6.01. The first-order chi connectivity index (χ1) is 10.2. The molecule has 0 fully saturated rings. The zero-order valence-corrected chi connectivity index (χ0v) is 15.8. The van der Waals surface area contributed by atoms with Crippen LogP contribution in [0, 0.1) is 20.8 Å². The molecule has 0 bridgehead atoms. The SMILES string of the molecule is Cc1cc(C)c(S(=O)(=O)CCOP(=O)(O)OP(C)(=O)O)c(C)c1. The standard InChI is InChI=1S/C12H20O8P2S/c1-9-7-10(2)12(11(3)8-9)23(17,18)6-5-19-22(15,16)20-21(4,13)14/h7-8H,5-6H2,1-4H3,(H,13,14)(H,15,16). The van der Waals surface area contributed by atoms with E-state index in [1.165, 1.54) is 0 Å². The van der Waals surface area contributed by atoms with Crippen molar-refractivity contribution in [3.8, 4) is 0 Å². The molecule has 0 saturated carbocycles. The number of sulfone groups is 1. The Bertz CT molecular complexity index is 757. The van der Waals surface area contributed by atoms with Crippen LogP contribution in [0.15, 0.2) is 17.0 Å². The normalized spacial score (nSPS) is 17.5. The van der Waals surface area contributed by atoms with E-state index in [1.54, 1.807) is 26.0 Å². The monoisotopic (exact) mass is 386 g/mol. The molecule has 8 nitrogen and oxygen atoms in total. The molecule has 132 valence electrons. The lowest BCUT2D eigenvalue weighted by atomic mass is 10.1. The zero-order chi connectivity index (χ0) is 18.1. The second kappa shape index (κ2) is 7.15. The Balaban J connectivity index is 2.86. The number of rotatable bonds is 7. The van der Waals surface area contributed by atoms with E-state index in [4.69, 9.17) is 4.89 Å². The van der Waals surface area contributed by atoms with Gasteiger partial charge in [0, 0.05) is 6.66 Å². The average molecular weight is 386 g/mol. The number of benzene rings is 1. The van der Waals surface area contributed by atoms with Crippen LogP contribution in [0.2, 0.25) is 0 Å². The fourth-order valence-electron chi connectivity index (χ4n) is 2.24. The van der Waals surface area contributed by atoms with E-state index in [-0.39, 0.29) is 4.90 Å². The lowest BCUT2D eigenvalue weighted by Gasteiger charge is -2.15. The largest absolute Gasteiger partial charge is 0.479 e. The molecule has 2 unspecified atom stereocenters. The summed E-state index contributed by atoms with van der Waals surface area (Å²) >= 11 is 0. The third-order valence-electron chi connectivity index (χ3n) is 2.78. The molecule has 0 saturated heterocycles. The summed E-state index contributed by atoms with van der Waals surface area (Å²) in [6.45, 7) is 5.23. The van der Waals surface area contributed by atoms with Gasteiger partial charge in [-0.25, -0.2) is 17.3 Å². The summed E-state index contributed by atoms with van der Waals surface area (Å²) in [5.74, 6) is -0.564. The van der Waals surface area contributed by atoms with Crippen LogP contribution in [0.4, 0.5) is 0 Å². The lowest BCUT2D eigenvalue weighted by molar-refractivity contribution is 0.206. The number of phosphoric acid groups is 1. The van der Waals surface area contributed by atoms with Gasteiger partial charge in [-0.05, 0) is 31.9 Å². The smallest absolute Gasteiger partial charge is 0.324 e. The third-order valence-corrected chi connectivity index (χ3v) is 7.29. The zero-order valence-electron chi connectivity index (χ0n) is 13.2. The van der Waals surface area contributed by atoms with Crippen molar-refractivity contribution in [1.29, 1.82) is 0 Å². The van der Waals surface area contributed by atoms with Crippen molar-refractivity contribution >= 4 is 25.3 Å². The van der Waals surface area contributed by atoms with Crippen LogP contribution in [0.1, 0.15) is 16.7 Å². The Hall–Kier alpha value is -0.530. The van der Waals surface area contributed by atoms with Gasteiger partial charge in [0.1, 0.15) is 0 Å². The van der Waals surface area contributed by atoms with Crippen LogP contribution in [0.25, 0.3) is 0 Å². The van der Waals surface area contributed by atoms with E-state index in [2.05, 4.69) is 8.83 Å². The summed E-state index contributed by atoms with van der Waals surface area (Å²) in [7, 11) is -12.8. The summed E-state index contributed by atoms with van der Waals surface area (Å²) in [5.41, 5.74) is 2.06. The number of hydrogen-bond donors (Lipinski definition) is 2. The van der Waals surface area contributed by atoms with Gasteiger partial charge in [-0.15, -0.1) is 0 Å². The predicted octanol–water partition coefficient (Wildman–Crippen LogP) is 2.33. The second-order valence-corrected chi connectivity index (χ2v) is 10.7. The van der Waals surface area contributed by atoms with Gasteiger partial charge in [-0.2, -0.15) is 0 Å². The van der Waals surface area contributed by atoms with Gasteiger partial charge in [0.05, 0.1) is 17.3 Å². The molecule has 2 N–H and O–H groups in total. The fraction of sp³-hybridized carbons (Fsp3) is 0.500. The molecule has 0 heterocycles. The van der Waals surface area contributed by atoms with Gasteiger partial charge >= 0.3 is 15.4 Å². The molecule has 0 aliphatic carbocycles. The first kappa shape index (κ1) is 20.5. The highest BCUT2D eigenvalue weighted by molar-refractivity contribution is 7.91. The first-order valence-corrected chi connectivity index (χ1v) is 11.7. The van der Waals surface area contributed by atoms with Gasteiger partial charge in [0.15, 0.2) is 9.84 Å². The van der Waals surface area contributed by atoms with Crippen molar-refractivity contribution in [3.05, 3.63) is 28.8 Å². The van der Waals surface area contributed by atoms with Crippen molar-refractivity contribution < 1.29 is 36.2 Å². The Morgan fingerprint density at radius 3 is 2.00 bits per heavy atom. The maximum absolute atomic E-state index is 12.4. The molecular weight excluding hydrogens is 366 g/mol. The van der Waals surface area contributed by atoms with Crippen molar-refractivity contribution in [1.82, 2.24) is 0 Å². The summed E-state index contributed by atoms with van der Waals surface area (Å²) in [4.78, 5) is 18.3. The molecule has 0 aliphatic rings. The first-order valence-electron chi connectivity index (χ1n) is 6.53. The van der Waals surface area contributed by atoms with Crippen LogP contribution >= 0.6 is 15.4 Å². The molecule has 11 heteroatoms. The lowest BCUT2D eigenvalue weighted by Crippen LogP contribution is -2.15. The van der Waals surface area contributed by atoms with E-state index in [9.17, 15) is 22.4 Å². The molecule has 23 heavy (non-hydrogen) atoms. The third kappa shape index (κ3) is 6.47. The van der Waals surface area contributed by atoms with Gasteiger partial charge in [-0.1, -0.05) is 17.7 Å². The van der Waals surface area contributed by atoms with Crippen LogP contribution < -0.4 is 0 Å². The maximum Gasteiger partial charge on any atom is 0.479 e. The van der Waals surface area contributed by atoms with E-state index in [1.807, 2.05) is 6.92 Å². The van der Waals surface area contributed by atoms with Crippen molar-refractivity contribution in [2.45, 2.75) is 25.7 Å². The van der Waals surface area contributed by atoms with Crippen LogP contribution in [-0.4, -0.2) is 37.2 Å². The predicted molar refractivity (Wildman–Crippen MR) is 85.3 cm³/mol. The quantitative estimate of drug-likeness (QED) is 0.684. The average Bonchev–Trinajstić information content (AvgIpc) is 2.21. The van der Waals surface area contributed by atoms with Gasteiger partial charge in [0.25, 0.3) is 0 Å². The highest BCUT2D eigenvalue weighted by atomic mass is 32.2. The van der Waals surface area contributed by atoms with Gasteiger partial charge < -0.3 is 9.79 Å². The van der Waals surface area contributed by atoms with Crippen LogP contribution in [0.5, 0.6) is 0 Å². The summed E-state index contributed by atoms with van der Waals surface area (Å²) in [6.07, 6.45) is 0. The highest BCUT2D eigenvalue weighted by Gasteiger charge is 2.31. The van der Waals surface area contributed by atoms with E-state index < -0.39 is 37.6 Å². The van der Waals surface area contributed by atoms with Crippen LogP contribution in [-0.2, 0) is 27.8 Å². The minimum Gasteiger partial charge on any atom is -0.324 e. The van der Waals surface area contributed by atoms with Gasteiger partial charge in [0.2, 0.25) is 0 Å². The molecule has 1 aromatic rings. The number of hydrogen-bond acceptors (Lipinski definition) is 6. The summed E-state index contributed by atoms with van der Waals surface area (Å²) < 4.78 is 55.5. The van der Waals surface area contributed by atoms with Crippen molar-refractivity contribution in [2.24, 2.45) is 0 Å². The maximum atomic E-state index is 12.4. The van der Waals surface area contributed by atoms with E-state index in [0.717, 1.165) is 12.2 Å². The van der Waals surface area contributed by atoms with E-state index in [0.29, 0.717) is 11.1 Å². The Morgan fingerprint density at radius 2 is 1.57 bits per heavy atom. The van der Waals surface area contributed by atoms with Gasteiger partial charge in [-0.3, -0.25) is 9.09 Å².